The summed E-state index contributed by atoms with van der Waals surface area (Å²) in [4.78, 5) is 40.9. The second-order valence-electron chi connectivity index (χ2n) is 7.49. The number of nitrogens with zero attached hydrogens (tertiary/aromatic N) is 2. The first-order valence-electron chi connectivity index (χ1n) is 10.6. The molecule has 0 spiro atoms. The number of ether oxygens (including phenoxy) is 1. The van der Waals surface area contributed by atoms with E-state index in [0.29, 0.717) is 22.9 Å². The lowest BCUT2D eigenvalue weighted by Crippen LogP contribution is -2.30. The summed E-state index contributed by atoms with van der Waals surface area (Å²) in [6.07, 6.45) is 1.07. The largest absolute Gasteiger partial charge is 0.449 e. The number of anilines is 1. The third-order valence-corrected chi connectivity index (χ3v) is 5.51. The first kappa shape index (κ1) is 24.1. The van der Waals surface area contributed by atoms with Crippen LogP contribution in [0.5, 0.6) is 0 Å². The molecule has 1 aromatic heterocycles. The van der Waals surface area contributed by atoms with Crippen LogP contribution >= 0.6 is 11.6 Å². The molecule has 1 N–H and O–H groups in total. The summed E-state index contributed by atoms with van der Waals surface area (Å²) >= 11 is 6.04. The van der Waals surface area contributed by atoms with E-state index in [9.17, 15) is 19.7 Å². The molecule has 0 fully saturated rings. The quantitative estimate of drug-likeness (QED) is 0.265. The molecular formula is C24H24ClN3O5. The molecule has 172 valence electrons. The Hall–Kier alpha value is -3.52. The molecule has 0 aliphatic carbocycles. The molecule has 33 heavy (non-hydrogen) atoms. The highest BCUT2D eigenvalue weighted by Crippen LogP contribution is 2.28. The molecule has 0 radical (unpaired) electrons. The number of aromatic nitrogens is 1. The van der Waals surface area contributed by atoms with Crippen LogP contribution in [0, 0.1) is 10.1 Å². The number of hydrogen-bond acceptors (Lipinski definition) is 6. The highest BCUT2D eigenvalue weighted by molar-refractivity contribution is 6.34. The molecule has 2 aromatic carbocycles. The number of rotatable bonds is 8. The van der Waals surface area contributed by atoms with E-state index >= 15 is 0 Å². The van der Waals surface area contributed by atoms with Crippen LogP contribution < -0.4 is 5.32 Å². The van der Waals surface area contributed by atoms with Gasteiger partial charge in [-0.2, -0.15) is 0 Å². The number of pyridine rings is 1. The van der Waals surface area contributed by atoms with Crippen LogP contribution in [0.4, 0.5) is 11.4 Å². The Morgan fingerprint density at radius 2 is 1.94 bits per heavy atom. The molecular weight excluding hydrogens is 446 g/mol. The van der Waals surface area contributed by atoms with Gasteiger partial charge in [0.1, 0.15) is 0 Å². The third kappa shape index (κ3) is 5.28. The molecule has 0 unspecified atom stereocenters. The van der Waals surface area contributed by atoms with Gasteiger partial charge in [-0.1, -0.05) is 50.1 Å². The number of amides is 1. The van der Waals surface area contributed by atoms with Crippen molar-refractivity contribution >= 4 is 45.8 Å². The number of para-hydroxylation sites is 1. The van der Waals surface area contributed by atoms with E-state index in [1.807, 2.05) is 38.1 Å². The van der Waals surface area contributed by atoms with Gasteiger partial charge in [0.25, 0.3) is 11.6 Å². The van der Waals surface area contributed by atoms with Crippen LogP contribution in [0.3, 0.4) is 0 Å². The molecule has 1 atom stereocenters. The normalized spacial score (nSPS) is 11.8. The average Bonchev–Trinajstić information content (AvgIpc) is 2.79. The number of halogens is 1. The lowest BCUT2D eigenvalue weighted by Gasteiger charge is -2.18. The minimum atomic E-state index is -1.13. The van der Waals surface area contributed by atoms with Gasteiger partial charge < -0.3 is 10.1 Å². The zero-order valence-corrected chi connectivity index (χ0v) is 19.3. The number of non-ortho nitro benzene ring substituents is 1. The summed E-state index contributed by atoms with van der Waals surface area (Å²) in [6, 6.07) is 11.0. The topological polar surface area (TPSA) is 111 Å². The van der Waals surface area contributed by atoms with Gasteiger partial charge >= 0.3 is 5.97 Å². The summed E-state index contributed by atoms with van der Waals surface area (Å²) in [5.74, 6) is -1.22. The summed E-state index contributed by atoms with van der Waals surface area (Å²) in [6.45, 7) is 5.45. The Morgan fingerprint density at radius 3 is 2.58 bits per heavy atom. The van der Waals surface area contributed by atoms with Gasteiger partial charge in [-0.25, -0.2) is 4.79 Å². The number of carbonyl (C=O) groups excluding carboxylic acids is 2. The molecule has 8 nitrogen and oxygen atoms in total. The summed E-state index contributed by atoms with van der Waals surface area (Å²) in [7, 11) is 0. The number of aryl methyl sites for hydroxylation is 1. The summed E-state index contributed by atoms with van der Waals surface area (Å²) in [5, 5.41) is 14.1. The molecule has 1 amide bonds. The Morgan fingerprint density at radius 1 is 1.21 bits per heavy atom. The van der Waals surface area contributed by atoms with Gasteiger partial charge in [-0.05, 0) is 37.5 Å². The van der Waals surface area contributed by atoms with Crippen molar-refractivity contribution in [3.8, 4) is 0 Å². The fourth-order valence-electron chi connectivity index (χ4n) is 3.59. The number of nitro groups is 1. The number of fused-ring (bicyclic) bond motifs is 1. The smallest absolute Gasteiger partial charge is 0.339 e. The standard InChI is InChI=1S/C24H24ClN3O5/c1-4-8-19-16(5-2)22(17-9-6-7-10-20(17)26-19)24(30)33-14(3)23(29)27-21-12-11-15(28(31)32)13-18(21)25/h6-7,9-14H,4-5,8H2,1-3H3,(H,27,29)/t14-/m1/s1. The number of hydrogen-bond donors (Lipinski definition) is 1. The van der Waals surface area contributed by atoms with Crippen molar-refractivity contribution in [1.82, 2.24) is 4.98 Å². The second-order valence-corrected chi connectivity index (χ2v) is 7.90. The first-order chi connectivity index (χ1) is 15.8. The molecule has 0 saturated heterocycles. The monoisotopic (exact) mass is 469 g/mol. The number of nitrogens with one attached hydrogen (secondary N) is 1. The van der Waals surface area contributed by atoms with Crippen molar-refractivity contribution in [3.05, 3.63) is 74.4 Å². The van der Waals surface area contributed by atoms with Crippen molar-refractivity contribution in [2.75, 3.05) is 5.32 Å². The lowest BCUT2D eigenvalue weighted by atomic mass is 9.96. The van der Waals surface area contributed by atoms with E-state index in [2.05, 4.69) is 5.32 Å². The van der Waals surface area contributed by atoms with E-state index in [4.69, 9.17) is 21.3 Å². The van der Waals surface area contributed by atoms with E-state index < -0.39 is 22.9 Å². The Kier molecular flexibility index (Phi) is 7.60. The van der Waals surface area contributed by atoms with E-state index in [1.54, 1.807) is 0 Å². The molecule has 0 bridgehead atoms. The van der Waals surface area contributed by atoms with E-state index in [-0.39, 0.29) is 16.4 Å². The minimum Gasteiger partial charge on any atom is -0.449 e. The first-order valence-corrected chi connectivity index (χ1v) is 11.0. The fraction of sp³-hybridized carbons (Fsp3) is 0.292. The van der Waals surface area contributed by atoms with Gasteiger partial charge in [0, 0.05) is 23.2 Å². The third-order valence-electron chi connectivity index (χ3n) is 5.20. The predicted octanol–water partition coefficient (Wildman–Crippen LogP) is 5.50. The molecule has 0 aliphatic rings. The highest BCUT2D eigenvalue weighted by atomic mass is 35.5. The molecule has 9 heteroatoms. The predicted molar refractivity (Wildman–Crippen MR) is 127 cm³/mol. The maximum Gasteiger partial charge on any atom is 0.339 e. The van der Waals surface area contributed by atoms with Gasteiger partial charge in [0.15, 0.2) is 6.10 Å². The van der Waals surface area contributed by atoms with Crippen molar-refractivity contribution in [2.24, 2.45) is 0 Å². The molecule has 3 aromatic rings. The Balaban J connectivity index is 1.86. The van der Waals surface area contributed by atoms with Crippen molar-refractivity contribution in [2.45, 2.75) is 46.1 Å². The van der Waals surface area contributed by atoms with Crippen LogP contribution in [-0.2, 0) is 22.4 Å². The SMILES string of the molecule is CCCc1nc2ccccc2c(C(=O)O[C@H](C)C(=O)Nc2ccc([N+](=O)[O-])cc2Cl)c1CC. The van der Waals surface area contributed by atoms with Crippen LogP contribution in [-0.4, -0.2) is 27.9 Å². The van der Waals surface area contributed by atoms with Crippen molar-refractivity contribution < 1.29 is 19.2 Å². The zero-order valence-electron chi connectivity index (χ0n) is 18.6. The van der Waals surface area contributed by atoms with Crippen LogP contribution in [0.25, 0.3) is 10.9 Å². The van der Waals surface area contributed by atoms with Gasteiger partial charge in [-0.15, -0.1) is 0 Å². The van der Waals surface area contributed by atoms with Crippen molar-refractivity contribution in [1.29, 1.82) is 0 Å². The highest BCUT2D eigenvalue weighted by Gasteiger charge is 2.25. The molecule has 3 rings (SSSR count). The Bertz CT molecular complexity index is 1230. The number of esters is 1. The minimum absolute atomic E-state index is 0.00804. The van der Waals surface area contributed by atoms with Gasteiger partial charge in [0.2, 0.25) is 0 Å². The van der Waals surface area contributed by atoms with Crippen molar-refractivity contribution in [3.63, 3.8) is 0 Å². The molecule has 0 aliphatic heterocycles. The van der Waals surface area contributed by atoms with Gasteiger partial charge in [-0.3, -0.25) is 19.9 Å². The Labute approximate surface area is 196 Å². The van der Waals surface area contributed by atoms with Crippen LogP contribution in [0.1, 0.15) is 48.8 Å². The fourth-order valence-corrected chi connectivity index (χ4v) is 3.81. The van der Waals surface area contributed by atoms with E-state index in [1.165, 1.54) is 19.1 Å². The molecule has 0 saturated carbocycles. The lowest BCUT2D eigenvalue weighted by molar-refractivity contribution is -0.384. The van der Waals surface area contributed by atoms with E-state index in [0.717, 1.165) is 30.2 Å². The number of nitro benzene ring substituents is 1. The van der Waals surface area contributed by atoms with Crippen LogP contribution in [0.2, 0.25) is 5.02 Å². The second kappa shape index (κ2) is 10.4. The maximum atomic E-state index is 13.2. The number of carbonyl (C=O) groups is 2. The maximum absolute atomic E-state index is 13.2. The molecule has 1 heterocycles. The van der Waals surface area contributed by atoms with Crippen LogP contribution in [0.15, 0.2) is 42.5 Å². The zero-order chi connectivity index (χ0) is 24.1. The average molecular weight is 470 g/mol. The summed E-state index contributed by atoms with van der Waals surface area (Å²) < 4.78 is 5.53. The van der Waals surface area contributed by atoms with Gasteiger partial charge in [0.05, 0.1) is 26.7 Å². The number of benzene rings is 2. The summed E-state index contributed by atoms with van der Waals surface area (Å²) in [5.41, 5.74) is 2.76.